The summed E-state index contributed by atoms with van der Waals surface area (Å²) in [5.74, 6) is 1.11. The molecule has 0 amide bonds. The van der Waals surface area contributed by atoms with Crippen molar-refractivity contribution in [3.63, 3.8) is 0 Å². The van der Waals surface area contributed by atoms with Gasteiger partial charge in [0.15, 0.2) is 6.29 Å². The smallest absolute Gasteiger partial charge is 0.186 e. The van der Waals surface area contributed by atoms with E-state index in [9.17, 15) is 15.3 Å². The van der Waals surface area contributed by atoms with Crippen molar-refractivity contribution < 1.29 is 29.9 Å². The van der Waals surface area contributed by atoms with Crippen LogP contribution in [-0.2, 0) is 9.47 Å². The highest BCUT2D eigenvalue weighted by atomic mass is 32.2. The van der Waals surface area contributed by atoms with Gasteiger partial charge in [0.1, 0.15) is 24.4 Å². The lowest BCUT2D eigenvalue weighted by atomic mass is 9.99. The zero-order valence-electron chi connectivity index (χ0n) is 11.1. The van der Waals surface area contributed by atoms with Gasteiger partial charge in [0, 0.05) is 6.61 Å². The van der Waals surface area contributed by atoms with E-state index < -0.39 is 37.3 Å². The Labute approximate surface area is 117 Å². The lowest BCUT2D eigenvalue weighted by molar-refractivity contribution is -0.301. The van der Waals surface area contributed by atoms with Gasteiger partial charge in [-0.05, 0) is 24.9 Å². The number of hydrogen-bond donors (Lipinski definition) is 4. The molecule has 114 valence electrons. The van der Waals surface area contributed by atoms with Gasteiger partial charge in [-0.3, -0.25) is 0 Å². The van der Waals surface area contributed by atoms with Gasteiger partial charge in [-0.2, -0.15) is 11.8 Å². The molecule has 6 nitrogen and oxygen atoms in total. The van der Waals surface area contributed by atoms with E-state index in [2.05, 4.69) is 6.26 Å². The molecule has 0 saturated carbocycles. The molecule has 1 rings (SSSR count). The van der Waals surface area contributed by atoms with E-state index >= 15 is 0 Å². The van der Waals surface area contributed by atoms with Crippen LogP contribution < -0.4 is 0 Å². The summed E-state index contributed by atoms with van der Waals surface area (Å²) in [6, 6.07) is 0. The Balaban J connectivity index is 2.28. The molecule has 5 atom stereocenters. The Morgan fingerprint density at radius 1 is 1.05 bits per heavy atom. The van der Waals surface area contributed by atoms with Crippen LogP contribution >= 0.6 is 11.8 Å². The fourth-order valence-electron chi connectivity index (χ4n) is 1.93. The number of thioether (sulfide) groups is 1. The molecule has 0 radical (unpaired) electrons. The summed E-state index contributed by atoms with van der Waals surface area (Å²) in [6.45, 7) is -0.0183. The average molecular weight is 296 g/mol. The Morgan fingerprint density at radius 2 is 1.79 bits per heavy atom. The van der Waals surface area contributed by atoms with E-state index in [1.54, 1.807) is 11.8 Å². The predicted octanol–water partition coefficient (Wildman–Crippen LogP) is -0.664. The molecule has 0 aliphatic carbocycles. The van der Waals surface area contributed by atoms with Crippen LogP contribution in [0.3, 0.4) is 0 Å². The third kappa shape index (κ3) is 5.18. The van der Waals surface area contributed by atoms with Gasteiger partial charge in [0.05, 0.1) is 6.61 Å². The first-order valence-corrected chi connectivity index (χ1v) is 7.92. The summed E-state index contributed by atoms with van der Waals surface area (Å²) in [5.41, 5.74) is 0. The van der Waals surface area contributed by atoms with Crippen molar-refractivity contribution in [2.24, 2.45) is 0 Å². The molecule has 2 unspecified atom stereocenters. The van der Waals surface area contributed by atoms with Crippen molar-refractivity contribution in [3.05, 3.63) is 0 Å². The van der Waals surface area contributed by atoms with Crippen LogP contribution in [0.15, 0.2) is 0 Å². The Hall–Kier alpha value is 0.110. The van der Waals surface area contributed by atoms with Gasteiger partial charge in [-0.1, -0.05) is 6.42 Å². The Kier molecular flexibility index (Phi) is 8.24. The maximum absolute atomic E-state index is 9.72. The molecule has 0 spiro atoms. The standard InChI is InChI=1S/C12H24O6S/c1-19-6-4-2-3-5-17-12-11(16)10(15)9(14)8(7-13)18-12/h8-16H,2-7H2,1H3/t8?,9-,10-,11?,12+/m0/s1. The van der Waals surface area contributed by atoms with Crippen LogP contribution in [0.1, 0.15) is 19.3 Å². The highest BCUT2D eigenvalue weighted by Crippen LogP contribution is 2.22. The second-order valence-electron chi connectivity index (χ2n) is 4.62. The van der Waals surface area contributed by atoms with Crippen LogP contribution in [0.25, 0.3) is 0 Å². The largest absolute Gasteiger partial charge is 0.394 e. The summed E-state index contributed by atoms with van der Waals surface area (Å²) in [6.07, 6.45) is -0.869. The number of aliphatic hydroxyl groups is 4. The number of ether oxygens (including phenoxy) is 2. The zero-order valence-corrected chi connectivity index (χ0v) is 12.0. The maximum Gasteiger partial charge on any atom is 0.186 e. The maximum atomic E-state index is 9.72. The monoisotopic (exact) mass is 296 g/mol. The molecule has 7 heteroatoms. The SMILES string of the molecule is CSCCCCCO[C@@H]1OC(CO)[C@H](O)[C@H](O)C1O. The van der Waals surface area contributed by atoms with Gasteiger partial charge >= 0.3 is 0 Å². The molecular formula is C12H24O6S. The number of rotatable bonds is 8. The summed E-state index contributed by atoms with van der Waals surface area (Å²) < 4.78 is 10.6. The van der Waals surface area contributed by atoms with Gasteiger partial charge in [-0.15, -0.1) is 0 Å². The molecule has 0 aromatic rings. The second kappa shape index (κ2) is 9.12. The Morgan fingerprint density at radius 3 is 2.42 bits per heavy atom. The number of hydrogen-bond acceptors (Lipinski definition) is 7. The topological polar surface area (TPSA) is 99.4 Å². The minimum absolute atomic E-state index is 0.414. The van der Waals surface area contributed by atoms with Crippen molar-refractivity contribution in [3.8, 4) is 0 Å². The minimum Gasteiger partial charge on any atom is -0.394 e. The fraction of sp³-hybridized carbons (Fsp3) is 1.00. The van der Waals surface area contributed by atoms with Crippen molar-refractivity contribution in [1.82, 2.24) is 0 Å². The highest BCUT2D eigenvalue weighted by molar-refractivity contribution is 7.98. The fourth-order valence-corrected chi connectivity index (χ4v) is 2.42. The van der Waals surface area contributed by atoms with Crippen LogP contribution in [0.2, 0.25) is 0 Å². The molecular weight excluding hydrogens is 272 g/mol. The lowest BCUT2D eigenvalue weighted by Crippen LogP contribution is -2.59. The van der Waals surface area contributed by atoms with Crippen molar-refractivity contribution in [2.45, 2.75) is 50.0 Å². The van der Waals surface area contributed by atoms with E-state index in [-0.39, 0.29) is 0 Å². The first kappa shape index (κ1) is 17.2. The molecule has 19 heavy (non-hydrogen) atoms. The molecule has 1 saturated heterocycles. The average Bonchev–Trinajstić information content (AvgIpc) is 2.42. The quantitative estimate of drug-likeness (QED) is 0.441. The van der Waals surface area contributed by atoms with Crippen molar-refractivity contribution in [2.75, 3.05) is 25.2 Å². The summed E-state index contributed by atoms with van der Waals surface area (Å²) in [7, 11) is 0. The number of aliphatic hydroxyl groups excluding tert-OH is 4. The molecule has 0 aromatic heterocycles. The minimum atomic E-state index is -1.37. The van der Waals surface area contributed by atoms with E-state index in [0.29, 0.717) is 6.61 Å². The number of unbranched alkanes of at least 4 members (excludes halogenated alkanes) is 2. The predicted molar refractivity (Wildman–Crippen MR) is 72.0 cm³/mol. The van der Waals surface area contributed by atoms with Gasteiger partial charge in [0.2, 0.25) is 0 Å². The molecule has 1 fully saturated rings. The summed E-state index contributed by atoms with van der Waals surface area (Å²) >= 11 is 1.80. The van der Waals surface area contributed by atoms with E-state index in [1.165, 1.54) is 0 Å². The third-order valence-electron chi connectivity index (χ3n) is 3.12. The van der Waals surface area contributed by atoms with Gasteiger partial charge < -0.3 is 29.9 Å². The normalized spacial score (nSPS) is 35.5. The van der Waals surface area contributed by atoms with Crippen molar-refractivity contribution >= 4 is 11.8 Å². The van der Waals surface area contributed by atoms with Crippen LogP contribution in [0, 0.1) is 0 Å². The second-order valence-corrected chi connectivity index (χ2v) is 5.61. The third-order valence-corrected chi connectivity index (χ3v) is 3.82. The first-order chi connectivity index (χ1) is 9.11. The molecule has 1 aliphatic heterocycles. The van der Waals surface area contributed by atoms with Crippen LogP contribution in [0.5, 0.6) is 0 Å². The summed E-state index contributed by atoms with van der Waals surface area (Å²) in [4.78, 5) is 0. The highest BCUT2D eigenvalue weighted by Gasteiger charge is 2.43. The zero-order chi connectivity index (χ0) is 14.3. The molecule has 4 N–H and O–H groups in total. The van der Waals surface area contributed by atoms with E-state index in [1.807, 2.05) is 0 Å². The van der Waals surface area contributed by atoms with E-state index in [0.717, 1.165) is 25.0 Å². The molecule has 1 heterocycles. The van der Waals surface area contributed by atoms with Crippen molar-refractivity contribution in [1.29, 1.82) is 0 Å². The summed E-state index contributed by atoms with van der Waals surface area (Å²) in [5, 5.41) is 37.9. The molecule has 0 aromatic carbocycles. The first-order valence-electron chi connectivity index (χ1n) is 6.53. The van der Waals surface area contributed by atoms with Crippen LogP contribution in [0.4, 0.5) is 0 Å². The van der Waals surface area contributed by atoms with Gasteiger partial charge in [-0.25, -0.2) is 0 Å². The molecule has 1 aliphatic rings. The Bertz CT molecular complexity index is 240. The lowest BCUT2D eigenvalue weighted by Gasteiger charge is -2.39. The van der Waals surface area contributed by atoms with Gasteiger partial charge in [0.25, 0.3) is 0 Å². The van der Waals surface area contributed by atoms with E-state index in [4.69, 9.17) is 14.6 Å². The van der Waals surface area contributed by atoms with Crippen LogP contribution in [-0.4, -0.2) is 76.4 Å². The molecule has 0 bridgehead atoms.